The lowest BCUT2D eigenvalue weighted by molar-refractivity contribution is -0.167. The third-order valence-electron chi connectivity index (χ3n) is 6.89. The van der Waals surface area contributed by atoms with E-state index in [1.54, 1.807) is 19.2 Å². The highest BCUT2D eigenvalue weighted by Gasteiger charge is 2.34. The van der Waals surface area contributed by atoms with Crippen LogP contribution in [0.4, 0.5) is 0 Å². The fourth-order valence-corrected chi connectivity index (χ4v) is 5.04. The van der Waals surface area contributed by atoms with Gasteiger partial charge in [0.1, 0.15) is 11.9 Å². The molecule has 33 heavy (non-hydrogen) atoms. The number of carboxylic acid groups (broad SMARTS) is 1. The van der Waals surface area contributed by atoms with Crippen LogP contribution in [0.3, 0.4) is 0 Å². The van der Waals surface area contributed by atoms with Gasteiger partial charge in [0.25, 0.3) is 0 Å². The van der Waals surface area contributed by atoms with E-state index in [0.717, 1.165) is 48.3 Å². The van der Waals surface area contributed by atoms with Gasteiger partial charge >= 0.3 is 5.97 Å². The van der Waals surface area contributed by atoms with Gasteiger partial charge in [0.05, 0.1) is 32.0 Å². The summed E-state index contributed by atoms with van der Waals surface area (Å²) < 4.78 is 17.3. The number of carbonyl (C=O) groups is 1. The van der Waals surface area contributed by atoms with Gasteiger partial charge in [-0.25, -0.2) is 4.79 Å². The van der Waals surface area contributed by atoms with Crippen molar-refractivity contribution in [3.05, 3.63) is 64.8 Å². The van der Waals surface area contributed by atoms with Gasteiger partial charge in [0.2, 0.25) is 0 Å². The molecule has 174 valence electrons. The van der Waals surface area contributed by atoms with E-state index in [1.165, 1.54) is 10.9 Å². The Kier molecular flexibility index (Phi) is 6.10. The number of benzene rings is 2. The minimum absolute atomic E-state index is 0.118. The molecule has 0 saturated carbocycles. The normalized spacial score (nSPS) is 21.8. The number of hydrogen-bond acceptors (Lipinski definition) is 5. The van der Waals surface area contributed by atoms with Gasteiger partial charge < -0.3 is 24.3 Å². The average molecular weight is 451 g/mol. The number of rotatable bonds is 7. The molecule has 0 aliphatic carbocycles. The van der Waals surface area contributed by atoms with E-state index in [2.05, 4.69) is 28.9 Å². The number of aryl methyl sites for hydroxylation is 1. The second kappa shape index (κ2) is 9.17. The maximum atomic E-state index is 11.3. The van der Waals surface area contributed by atoms with Gasteiger partial charge in [0, 0.05) is 41.8 Å². The molecule has 5 rings (SSSR count). The first kappa shape index (κ1) is 21.9. The quantitative estimate of drug-likeness (QED) is 0.558. The highest BCUT2D eigenvalue weighted by Crippen LogP contribution is 2.38. The summed E-state index contributed by atoms with van der Waals surface area (Å²) in [5.41, 5.74) is 4.87. The van der Waals surface area contributed by atoms with Crippen molar-refractivity contribution in [2.24, 2.45) is 0 Å². The Labute approximate surface area is 193 Å². The second-order valence-electron chi connectivity index (χ2n) is 9.00. The van der Waals surface area contributed by atoms with Crippen LogP contribution in [0.2, 0.25) is 0 Å². The third kappa shape index (κ3) is 4.36. The first-order valence-corrected chi connectivity index (χ1v) is 11.5. The molecule has 2 aliphatic heterocycles. The summed E-state index contributed by atoms with van der Waals surface area (Å²) in [7, 11) is 1.72. The van der Waals surface area contributed by atoms with Gasteiger partial charge in [-0.2, -0.15) is 0 Å². The monoisotopic (exact) mass is 450 g/mol. The SMILES string of the molecule is COc1cc(C)c2[nH]ccc2c1CN1CC[C@H](OC2COC2)C[C@@H]1c1ccc(C(=O)O)cc1. The van der Waals surface area contributed by atoms with Crippen molar-refractivity contribution in [1.82, 2.24) is 9.88 Å². The van der Waals surface area contributed by atoms with Crippen molar-refractivity contribution in [2.45, 2.75) is 44.6 Å². The first-order valence-electron chi connectivity index (χ1n) is 11.5. The van der Waals surface area contributed by atoms with Crippen molar-refractivity contribution in [1.29, 1.82) is 0 Å². The number of likely N-dealkylation sites (tertiary alicyclic amines) is 1. The molecular weight excluding hydrogens is 420 g/mol. The van der Waals surface area contributed by atoms with Crippen molar-refractivity contribution in [3.63, 3.8) is 0 Å². The number of fused-ring (bicyclic) bond motifs is 1. The molecule has 2 saturated heterocycles. The Hall–Kier alpha value is -2.87. The molecule has 0 spiro atoms. The highest BCUT2D eigenvalue weighted by molar-refractivity contribution is 5.88. The molecule has 7 heteroatoms. The fourth-order valence-electron chi connectivity index (χ4n) is 5.04. The lowest BCUT2D eigenvalue weighted by atomic mass is 9.91. The maximum absolute atomic E-state index is 11.3. The molecule has 2 aliphatic rings. The predicted octanol–water partition coefficient (Wildman–Crippen LogP) is 4.30. The smallest absolute Gasteiger partial charge is 0.335 e. The van der Waals surface area contributed by atoms with Gasteiger partial charge in [-0.1, -0.05) is 12.1 Å². The molecule has 2 N–H and O–H groups in total. The minimum atomic E-state index is -0.910. The number of aromatic nitrogens is 1. The summed E-state index contributed by atoms with van der Waals surface area (Å²) >= 11 is 0. The highest BCUT2D eigenvalue weighted by atomic mass is 16.6. The molecule has 0 radical (unpaired) electrons. The lowest BCUT2D eigenvalue weighted by Gasteiger charge is -2.42. The van der Waals surface area contributed by atoms with Gasteiger partial charge in [-0.3, -0.25) is 4.90 Å². The predicted molar refractivity (Wildman–Crippen MR) is 125 cm³/mol. The molecule has 0 bridgehead atoms. The van der Waals surface area contributed by atoms with Gasteiger partial charge in [-0.15, -0.1) is 0 Å². The molecule has 7 nitrogen and oxygen atoms in total. The lowest BCUT2D eigenvalue weighted by Crippen LogP contribution is -2.44. The summed E-state index contributed by atoms with van der Waals surface area (Å²) in [6, 6.07) is 11.6. The molecule has 3 heterocycles. The number of aromatic amines is 1. The minimum Gasteiger partial charge on any atom is -0.496 e. The summed E-state index contributed by atoms with van der Waals surface area (Å²) in [6.45, 7) is 5.05. The number of carboxylic acids is 1. The van der Waals surface area contributed by atoms with Crippen LogP contribution in [0.5, 0.6) is 5.75 Å². The number of piperidine rings is 1. The van der Waals surface area contributed by atoms with E-state index >= 15 is 0 Å². The number of H-pyrrole nitrogens is 1. The molecule has 0 unspecified atom stereocenters. The van der Waals surface area contributed by atoms with Crippen LogP contribution in [0, 0.1) is 6.92 Å². The van der Waals surface area contributed by atoms with E-state index in [0.29, 0.717) is 18.8 Å². The molecular formula is C26H30N2O5. The van der Waals surface area contributed by atoms with Crippen LogP contribution in [-0.4, -0.2) is 60.0 Å². The number of nitrogens with one attached hydrogen (secondary N) is 1. The Balaban J connectivity index is 1.46. The standard InChI is InChI=1S/C26H30N2O5/c1-16-11-24(31-2)22(21-7-9-27-25(16)21)13-28-10-8-19(33-20-14-32-15-20)12-23(28)17-3-5-18(6-4-17)26(29)30/h3-7,9,11,19-20,23,27H,8,10,12-15H2,1-2H3,(H,29,30)/t19-,23+/m0/s1. The largest absolute Gasteiger partial charge is 0.496 e. The van der Waals surface area contributed by atoms with Crippen LogP contribution < -0.4 is 4.74 Å². The summed E-state index contributed by atoms with van der Waals surface area (Å²) in [5.74, 6) is -0.0166. The van der Waals surface area contributed by atoms with E-state index < -0.39 is 5.97 Å². The molecule has 2 fully saturated rings. The number of nitrogens with zero attached hydrogens (tertiary/aromatic N) is 1. The molecule has 0 amide bonds. The first-order chi connectivity index (χ1) is 16.0. The average Bonchev–Trinajstić information content (AvgIpc) is 3.29. The van der Waals surface area contributed by atoms with Gasteiger partial charge in [0.15, 0.2) is 0 Å². The van der Waals surface area contributed by atoms with Crippen LogP contribution >= 0.6 is 0 Å². The molecule has 3 aromatic rings. The summed E-state index contributed by atoms with van der Waals surface area (Å²) in [5, 5.41) is 10.5. The Morgan fingerprint density at radius 1 is 1.21 bits per heavy atom. The van der Waals surface area contributed by atoms with Gasteiger partial charge in [-0.05, 0) is 55.2 Å². The van der Waals surface area contributed by atoms with Crippen LogP contribution in [0.15, 0.2) is 42.6 Å². The second-order valence-corrected chi connectivity index (χ2v) is 9.00. The molecule has 2 atom stereocenters. The van der Waals surface area contributed by atoms with Crippen LogP contribution in [0.1, 0.15) is 45.9 Å². The topological polar surface area (TPSA) is 84.0 Å². The maximum Gasteiger partial charge on any atom is 0.335 e. The summed E-state index contributed by atoms with van der Waals surface area (Å²) in [4.78, 5) is 17.2. The van der Waals surface area contributed by atoms with Crippen molar-refractivity contribution in [3.8, 4) is 5.75 Å². The van der Waals surface area contributed by atoms with Crippen molar-refractivity contribution >= 4 is 16.9 Å². The zero-order valence-electron chi connectivity index (χ0n) is 19.0. The van der Waals surface area contributed by atoms with Crippen molar-refractivity contribution in [2.75, 3.05) is 26.9 Å². The van der Waals surface area contributed by atoms with E-state index in [4.69, 9.17) is 14.2 Å². The third-order valence-corrected chi connectivity index (χ3v) is 6.89. The van der Waals surface area contributed by atoms with E-state index in [9.17, 15) is 9.90 Å². The Morgan fingerprint density at radius 3 is 2.67 bits per heavy atom. The Morgan fingerprint density at radius 2 is 2.00 bits per heavy atom. The molecule has 1 aromatic heterocycles. The number of aromatic carboxylic acids is 1. The Bertz CT molecular complexity index is 1140. The number of methoxy groups -OCH3 is 1. The number of hydrogen-bond donors (Lipinski definition) is 2. The van der Waals surface area contributed by atoms with E-state index in [-0.39, 0.29) is 18.2 Å². The summed E-state index contributed by atoms with van der Waals surface area (Å²) in [6.07, 6.45) is 4.13. The van der Waals surface area contributed by atoms with Crippen LogP contribution in [-0.2, 0) is 16.0 Å². The zero-order valence-corrected chi connectivity index (χ0v) is 19.0. The fraction of sp³-hybridized carbons (Fsp3) is 0.423. The van der Waals surface area contributed by atoms with Crippen LogP contribution in [0.25, 0.3) is 10.9 Å². The van der Waals surface area contributed by atoms with E-state index in [1.807, 2.05) is 18.3 Å². The zero-order chi connectivity index (χ0) is 22.9. The molecule has 2 aromatic carbocycles. The van der Waals surface area contributed by atoms with Crippen molar-refractivity contribution < 1.29 is 24.1 Å². The number of ether oxygens (including phenoxy) is 3.